The van der Waals surface area contributed by atoms with Gasteiger partial charge >= 0.3 is 0 Å². The molecule has 9 nitrogen and oxygen atoms in total. The highest BCUT2D eigenvalue weighted by molar-refractivity contribution is 5.94. The van der Waals surface area contributed by atoms with Gasteiger partial charge in [0.05, 0.1) is 25.3 Å². The first-order valence-corrected chi connectivity index (χ1v) is 13.1. The summed E-state index contributed by atoms with van der Waals surface area (Å²) in [5.74, 6) is 0.150. The lowest BCUT2D eigenvalue weighted by atomic mass is 9.77. The quantitative estimate of drug-likeness (QED) is 0.518. The Morgan fingerprint density at radius 3 is 2.61 bits per heavy atom. The largest absolute Gasteiger partial charge is 0.493 e. The van der Waals surface area contributed by atoms with E-state index >= 15 is 0 Å². The lowest BCUT2D eigenvalue weighted by Gasteiger charge is -2.37. The van der Waals surface area contributed by atoms with Crippen molar-refractivity contribution in [2.45, 2.75) is 75.8 Å². The van der Waals surface area contributed by atoms with Crippen molar-refractivity contribution < 1.29 is 23.9 Å². The van der Waals surface area contributed by atoms with E-state index in [4.69, 9.17) is 9.47 Å². The molecule has 3 aliphatic heterocycles. The summed E-state index contributed by atoms with van der Waals surface area (Å²) in [6.07, 6.45) is 7.39. The Balaban J connectivity index is 1.41. The minimum atomic E-state index is -0.728. The number of rotatable bonds is 6. The van der Waals surface area contributed by atoms with E-state index in [2.05, 4.69) is 28.1 Å². The molecule has 2 fully saturated rings. The van der Waals surface area contributed by atoms with Crippen LogP contribution >= 0.6 is 0 Å². The Morgan fingerprint density at radius 2 is 1.86 bits per heavy atom. The SMILES string of the molecule is CC[C@H](NC)C(=O)N[C@H]1CCO[C@H]2CC3(CC=CC3)[C@@H](C(=O)N[C@@H]3CCOc4ccccc43)N2C1=O. The fourth-order valence-electron chi connectivity index (χ4n) is 6.24. The molecular formula is C27H36N4O5. The molecule has 1 spiro atoms. The lowest BCUT2D eigenvalue weighted by molar-refractivity contribution is -0.150. The highest BCUT2D eigenvalue weighted by Crippen LogP contribution is 2.51. The molecule has 9 heteroatoms. The van der Waals surface area contributed by atoms with E-state index in [0.717, 1.165) is 11.3 Å². The van der Waals surface area contributed by atoms with E-state index in [-0.39, 0.29) is 29.8 Å². The lowest BCUT2D eigenvalue weighted by Crippen LogP contribution is -2.59. The van der Waals surface area contributed by atoms with Crippen molar-refractivity contribution in [1.29, 1.82) is 0 Å². The van der Waals surface area contributed by atoms with Crippen LogP contribution < -0.4 is 20.7 Å². The van der Waals surface area contributed by atoms with Crippen molar-refractivity contribution in [3.63, 3.8) is 0 Å². The zero-order valence-electron chi connectivity index (χ0n) is 21.0. The van der Waals surface area contributed by atoms with Crippen molar-refractivity contribution >= 4 is 17.7 Å². The second-order valence-electron chi connectivity index (χ2n) is 10.3. The van der Waals surface area contributed by atoms with Crippen molar-refractivity contribution in [2.75, 3.05) is 20.3 Å². The predicted molar refractivity (Wildman–Crippen MR) is 133 cm³/mol. The van der Waals surface area contributed by atoms with Crippen LogP contribution in [0.3, 0.4) is 0 Å². The average Bonchev–Trinajstić information content (AvgIpc) is 3.44. The summed E-state index contributed by atoms with van der Waals surface area (Å²) in [5, 5.41) is 9.15. The molecule has 0 saturated carbocycles. The Morgan fingerprint density at radius 1 is 1.11 bits per heavy atom. The number of carbonyl (C=O) groups excluding carboxylic acids is 3. The molecule has 0 radical (unpaired) electrons. The van der Waals surface area contributed by atoms with Crippen LogP contribution in [0.25, 0.3) is 0 Å². The summed E-state index contributed by atoms with van der Waals surface area (Å²) < 4.78 is 11.9. The number of nitrogens with one attached hydrogen (secondary N) is 3. The van der Waals surface area contributed by atoms with Crippen molar-refractivity contribution in [2.24, 2.45) is 5.41 Å². The van der Waals surface area contributed by atoms with E-state index in [1.165, 1.54) is 0 Å². The van der Waals surface area contributed by atoms with Crippen LogP contribution in [0.1, 0.15) is 57.1 Å². The average molecular weight is 497 g/mol. The Bertz CT molecular complexity index is 1030. The zero-order valence-corrected chi connectivity index (χ0v) is 21.0. The smallest absolute Gasteiger partial charge is 0.247 e. The van der Waals surface area contributed by atoms with E-state index in [1.807, 2.05) is 31.2 Å². The van der Waals surface area contributed by atoms with Gasteiger partial charge in [-0.25, -0.2) is 0 Å². The van der Waals surface area contributed by atoms with Gasteiger partial charge in [0.15, 0.2) is 0 Å². The summed E-state index contributed by atoms with van der Waals surface area (Å²) >= 11 is 0. The van der Waals surface area contributed by atoms with E-state index in [9.17, 15) is 14.4 Å². The molecule has 4 aliphatic rings. The molecule has 194 valence electrons. The molecule has 0 unspecified atom stereocenters. The van der Waals surface area contributed by atoms with Crippen molar-refractivity contribution in [1.82, 2.24) is 20.9 Å². The molecule has 2 saturated heterocycles. The third-order valence-electron chi connectivity index (χ3n) is 8.15. The van der Waals surface area contributed by atoms with Crippen LogP contribution in [0.15, 0.2) is 36.4 Å². The number of ether oxygens (including phenoxy) is 2. The molecule has 1 aliphatic carbocycles. The molecular weight excluding hydrogens is 460 g/mol. The summed E-state index contributed by atoms with van der Waals surface area (Å²) in [4.78, 5) is 42.3. The molecule has 5 rings (SSSR count). The predicted octanol–water partition coefficient (Wildman–Crippen LogP) is 1.79. The van der Waals surface area contributed by atoms with Crippen LogP contribution in [0.4, 0.5) is 0 Å². The maximum Gasteiger partial charge on any atom is 0.247 e. The van der Waals surface area contributed by atoms with E-state index in [0.29, 0.717) is 51.7 Å². The zero-order chi connectivity index (χ0) is 25.3. The van der Waals surface area contributed by atoms with Gasteiger partial charge in [-0.15, -0.1) is 0 Å². The Kier molecular flexibility index (Phi) is 7.03. The van der Waals surface area contributed by atoms with Gasteiger partial charge in [-0.2, -0.15) is 0 Å². The standard InChI is InChI=1S/C27H36N4O5/c1-3-18(28-2)24(32)30-20-11-15-36-22-16-27(12-6-7-13-27)23(31(22)26(20)34)25(33)29-19-10-14-35-21-9-5-4-8-17(19)21/h4-9,18-20,22-23,28H,3,10-16H2,1-2H3,(H,29,33)(H,30,32)/t18-,19+,20-,22-,23+/m0/s1. The normalized spacial score (nSPS) is 29.2. The first-order chi connectivity index (χ1) is 17.5. The van der Waals surface area contributed by atoms with Crippen molar-refractivity contribution in [3.05, 3.63) is 42.0 Å². The number of nitrogens with zero attached hydrogens (tertiary/aromatic N) is 1. The van der Waals surface area contributed by atoms with Crippen LogP contribution in [0.5, 0.6) is 5.75 Å². The first kappa shape index (κ1) is 24.8. The highest BCUT2D eigenvalue weighted by atomic mass is 16.5. The molecule has 0 bridgehead atoms. The summed E-state index contributed by atoms with van der Waals surface area (Å²) in [6.45, 7) is 2.78. The second kappa shape index (κ2) is 10.2. The summed E-state index contributed by atoms with van der Waals surface area (Å²) in [5.41, 5.74) is 0.546. The molecule has 3 amide bonds. The molecule has 3 N–H and O–H groups in total. The molecule has 1 aromatic rings. The number of carbonyl (C=O) groups is 3. The van der Waals surface area contributed by atoms with Crippen LogP contribution in [0.2, 0.25) is 0 Å². The van der Waals surface area contributed by atoms with Gasteiger partial charge < -0.3 is 30.3 Å². The minimum Gasteiger partial charge on any atom is -0.493 e. The molecule has 0 aromatic heterocycles. The number of hydrogen-bond acceptors (Lipinski definition) is 6. The first-order valence-electron chi connectivity index (χ1n) is 13.1. The highest BCUT2D eigenvalue weighted by Gasteiger charge is 2.59. The fraction of sp³-hybridized carbons (Fsp3) is 0.593. The van der Waals surface area contributed by atoms with Crippen molar-refractivity contribution in [3.8, 4) is 5.75 Å². The van der Waals surface area contributed by atoms with Gasteiger partial charge in [0.25, 0.3) is 0 Å². The number of likely N-dealkylation sites (N-methyl/N-ethyl adjacent to an activating group) is 1. The van der Waals surface area contributed by atoms with Crippen LogP contribution in [-0.4, -0.2) is 67.2 Å². The molecule has 36 heavy (non-hydrogen) atoms. The summed E-state index contributed by atoms with van der Waals surface area (Å²) in [6, 6.07) is 5.77. The van der Waals surface area contributed by atoms with Gasteiger partial charge in [-0.1, -0.05) is 37.3 Å². The van der Waals surface area contributed by atoms with Gasteiger partial charge in [0.1, 0.15) is 24.1 Å². The third kappa shape index (κ3) is 4.39. The topological polar surface area (TPSA) is 109 Å². The number of hydrogen-bond donors (Lipinski definition) is 3. The minimum absolute atomic E-state index is 0.173. The monoisotopic (exact) mass is 496 g/mol. The van der Waals surface area contributed by atoms with E-state index in [1.54, 1.807) is 11.9 Å². The number of allylic oxidation sites excluding steroid dienone is 2. The van der Waals surface area contributed by atoms with Gasteiger partial charge in [-0.05, 0) is 32.4 Å². The van der Waals surface area contributed by atoms with Gasteiger partial charge in [0, 0.05) is 30.2 Å². The fourth-order valence-corrected chi connectivity index (χ4v) is 6.24. The third-order valence-corrected chi connectivity index (χ3v) is 8.15. The van der Waals surface area contributed by atoms with Gasteiger partial charge in [-0.3, -0.25) is 14.4 Å². The number of amides is 3. The Hall–Kier alpha value is -2.91. The van der Waals surface area contributed by atoms with Crippen LogP contribution in [-0.2, 0) is 19.1 Å². The molecule has 3 heterocycles. The maximum atomic E-state index is 14.0. The van der Waals surface area contributed by atoms with E-state index < -0.39 is 23.7 Å². The number of para-hydroxylation sites is 1. The van der Waals surface area contributed by atoms with Gasteiger partial charge in [0.2, 0.25) is 17.7 Å². The summed E-state index contributed by atoms with van der Waals surface area (Å²) in [7, 11) is 1.73. The molecule has 1 aromatic carbocycles. The maximum absolute atomic E-state index is 14.0. The Labute approximate surface area is 212 Å². The second-order valence-corrected chi connectivity index (χ2v) is 10.3. The number of fused-ring (bicyclic) bond motifs is 2. The number of benzene rings is 1. The van der Waals surface area contributed by atoms with Crippen LogP contribution in [0, 0.1) is 5.41 Å². The molecule has 5 atom stereocenters.